The SMILES string of the molecule is Cc1c(CCNC(=O)COc2cc(C(F)(F)F)nn2C2CC=CC=C2Cl)c2ccccc2n1-c1ccccc1. The minimum atomic E-state index is -4.66. The second-order valence-corrected chi connectivity index (χ2v) is 9.62. The third kappa shape index (κ3) is 5.59. The number of alkyl halides is 3. The van der Waals surface area contributed by atoms with Gasteiger partial charge in [-0.3, -0.25) is 4.79 Å². The lowest BCUT2D eigenvalue weighted by atomic mass is 10.1. The van der Waals surface area contributed by atoms with Gasteiger partial charge in [0.1, 0.15) is 0 Å². The van der Waals surface area contributed by atoms with Gasteiger partial charge in [0.15, 0.2) is 12.3 Å². The van der Waals surface area contributed by atoms with Crippen molar-refractivity contribution in [2.75, 3.05) is 13.2 Å². The standard InChI is InChI=1S/C29H26ClF3N4O2/c1-19-21(22-11-5-7-13-24(22)36(19)20-9-3-2-4-10-20)15-16-34-27(38)18-39-28-17-26(29(31,32)33)35-37(28)25-14-8-6-12-23(25)30/h2-13,17,25H,14-16,18H2,1H3,(H,34,38). The molecule has 1 aliphatic carbocycles. The molecule has 0 bridgehead atoms. The van der Waals surface area contributed by atoms with Crippen molar-refractivity contribution in [2.24, 2.45) is 0 Å². The molecule has 0 radical (unpaired) electrons. The van der Waals surface area contributed by atoms with E-state index in [4.69, 9.17) is 16.3 Å². The van der Waals surface area contributed by atoms with Gasteiger partial charge in [-0.2, -0.15) is 18.3 Å². The maximum Gasteiger partial charge on any atom is 0.435 e. The number of rotatable bonds is 8. The third-order valence-corrected chi connectivity index (χ3v) is 7.04. The summed E-state index contributed by atoms with van der Waals surface area (Å²) < 4.78 is 48.8. The molecule has 1 unspecified atom stereocenters. The molecule has 0 saturated carbocycles. The molecular weight excluding hydrogens is 529 g/mol. The molecule has 6 nitrogen and oxygen atoms in total. The van der Waals surface area contributed by atoms with Crippen LogP contribution in [0.4, 0.5) is 13.2 Å². The molecular formula is C29H26ClF3N4O2. The number of aromatic nitrogens is 3. The minimum absolute atomic E-state index is 0.175. The van der Waals surface area contributed by atoms with Crippen LogP contribution in [0.15, 0.2) is 83.9 Å². The Kier molecular flexibility index (Phi) is 7.52. The quantitative estimate of drug-likeness (QED) is 0.270. The second-order valence-electron chi connectivity index (χ2n) is 9.18. The first-order chi connectivity index (χ1) is 18.7. The van der Waals surface area contributed by atoms with Crippen LogP contribution in [0, 0.1) is 6.92 Å². The van der Waals surface area contributed by atoms with Crippen LogP contribution < -0.4 is 10.1 Å². The summed E-state index contributed by atoms with van der Waals surface area (Å²) in [6, 6.07) is 18.3. The maximum atomic E-state index is 13.4. The lowest BCUT2D eigenvalue weighted by molar-refractivity contribution is -0.141. The van der Waals surface area contributed by atoms with E-state index in [1.54, 1.807) is 18.2 Å². The molecule has 2 aromatic heterocycles. The van der Waals surface area contributed by atoms with Crippen LogP contribution in [0.3, 0.4) is 0 Å². The highest BCUT2D eigenvalue weighted by Gasteiger charge is 2.37. The van der Waals surface area contributed by atoms with Gasteiger partial charge in [-0.15, -0.1) is 0 Å². The summed E-state index contributed by atoms with van der Waals surface area (Å²) in [6.45, 7) is 1.92. The van der Waals surface area contributed by atoms with Gasteiger partial charge < -0.3 is 14.6 Å². The molecule has 5 rings (SSSR count). The molecule has 1 amide bonds. The highest BCUT2D eigenvalue weighted by Crippen LogP contribution is 2.36. The van der Waals surface area contributed by atoms with E-state index in [9.17, 15) is 18.0 Å². The summed E-state index contributed by atoms with van der Waals surface area (Å²) in [4.78, 5) is 12.6. The van der Waals surface area contributed by atoms with Gasteiger partial charge in [0.05, 0.1) is 11.6 Å². The van der Waals surface area contributed by atoms with Crippen LogP contribution >= 0.6 is 11.6 Å². The zero-order valence-electron chi connectivity index (χ0n) is 21.1. The number of halogens is 4. The van der Waals surface area contributed by atoms with E-state index in [1.165, 1.54) is 0 Å². The van der Waals surface area contributed by atoms with Gasteiger partial charge in [-0.25, -0.2) is 4.68 Å². The average molecular weight is 555 g/mol. The maximum absolute atomic E-state index is 13.4. The van der Waals surface area contributed by atoms with Crippen molar-refractivity contribution >= 4 is 28.4 Å². The predicted molar refractivity (Wildman–Crippen MR) is 144 cm³/mol. The van der Waals surface area contributed by atoms with Crippen molar-refractivity contribution in [3.63, 3.8) is 0 Å². The molecule has 2 aromatic carbocycles. The number of para-hydroxylation sites is 2. The molecule has 0 spiro atoms. The molecule has 1 aliphatic rings. The van der Waals surface area contributed by atoms with E-state index >= 15 is 0 Å². The lowest BCUT2D eigenvalue weighted by Crippen LogP contribution is -2.31. The van der Waals surface area contributed by atoms with Gasteiger partial charge in [-0.1, -0.05) is 60.2 Å². The number of nitrogens with zero attached hydrogens (tertiary/aromatic N) is 3. The summed E-state index contributed by atoms with van der Waals surface area (Å²) in [5.74, 6) is -0.628. The Hall–Kier alpha value is -3.98. The Morgan fingerprint density at radius 2 is 1.90 bits per heavy atom. The van der Waals surface area contributed by atoms with E-state index in [1.807, 2.05) is 49.4 Å². The fourth-order valence-electron chi connectivity index (χ4n) is 4.83. The zero-order chi connectivity index (χ0) is 27.6. The van der Waals surface area contributed by atoms with Crippen molar-refractivity contribution in [3.8, 4) is 11.6 Å². The Balaban J connectivity index is 1.27. The van der Waals surface area contributed by atoms with Gasteiger partial charge in [0, 0.05) is 34.4 Å². The highest BCUT2D eigenvalue weighted by molar-refractivity contribution is 6.30. The number of nitrogens with one attached hydrogen (secondary N) is 1. The minimum Gasteiger partial charge on any atom is -0.468 e. The first kappa shape index (κ1) is 26.6. The van der Waals surface area contributed by atoms with E-state index < -0.39 is 30.4 Å². The van der Waals surface area contributed by atoms with E-state index in [2.05, 4.69) is 27.1 Å². The number of fused-ring (bicyclic) bond motifs is 1. The Labute approximate surface area is 228 Å². The van der Waals surface area contributed by atoms with Crippen LogP contribution in [0.1, 0.15) is 29.4 Å². The number of carbonyl (C=O) groups excluding carboxylic acids is 1. The molecule has 202 valence electrons. The summed E-state index contributed by atoms with van der Waals surface area (Å²) in [6.07, 6.45) is 1.36. The fourth-order valence-corrected chi connectivity index (χ4v) is 5.09. The van der Waals surface area contributed by atoms with Gasteiger partial charge in [0.25, 0.3) is 5.91 Å². The molecule has 0 saturated heterocycles. The summed E-state index contributed by atoms with van der Waals surface area (Å²) in [5.41, 5.74) is 3.19. The lowest BCUT2D eigenvalue weighted by Gasteiger charge is -2.20. The van der Waals surface area contributed by atoms with Crippen LogP contribution in [-0.2, 0) is 17.4 Å². The first-order valence-corrected chi connectivity index (χ1v) is 12.8. The second kappa shape index (κ2) is 11.0. The van der Waals surface area contributed by atoms with Crippen molar-refractivity contribution in [1.82, 2.24) is 19.7 Å². The number of allylic oxidation sites excluding steroid dienone is 4. The zero-order valence-corrected chi connectivity index (χ0v) is 21.8. The first-order valence-electron chi connectivity index (χ1n) is 12.5. The van der Waals surface area contributed by atoms with E-state index in [-0.39, 0.29) is 5.88 Å². The van der Waals surface area contributed by atoms with Crippen LogP contribution in [-0.4, -0.2) is 33.4 Å². The molecule has 1 atom stereocenters. The van der Waals surface area contributed by atoms with Crippen molar-refractivity contribution in [2.45, 2.75) is 32.0 Å². The summed E-state index contributed by atoms with van der Waals surface area (Å²) in [5, 5.41) is 7.91. The van der Waals surface area contributed by atoms with Crippen molar-refractivity contribution in [1.29, 1.82) is 0 Å². The van der Waals surface area contributed by atoms with Crippen molar-refractivity contribution < 1.29 is 22.7 Å². The topological polar surface area (TPSA) is 61.1 Å². The third-order valence-electron chi connectivity index (χ3n) is 6.66. The highest BCUT2D eigenvalue weighted by atomic mass is 35.5. The molecule has 4 aromatic rings. The fraction of sp³-hybridized carbons (Fsp3) is 0.241. The van der Waals surface area contributed by atoms with E-state index in [0.29, 0.717) is 24.4 Å². The van der Waals surface area contributed by atoms with Gasteiger partial charge in [0.2, 0.25) is 5.88 Å². The normalized spacial score (nSPS) is 15.4. The summed E-state index contributed by atoms with van der Waals surface area (Å²) in [7, 11) is 0. The predicted octanol–water partition coefficient (Wildman–Crippen LogP) is 6.52. The number of benzene rings is 2. The van der Waals surface area contributed by atoms with Crippen LogP contribution in [0.25, 0.3) is 16.6 Å². The Morgan fingerprint density at radius 1 is 1.15 bits per heavy atom. The molecule has 0 fully saturated rings. The number of hydrogen-bond donors (Lipinski definition) is 1. The Bertz CT molecular complexity index is 1550. The van der Waals surface area contributed by atoms with Gasteiger partial charge >= 0.3 is 6.18 Å². The molecule has 1 N–H and O–H groups in total. The van der Waals surface area contributed by atoms with Crippen LogP contribution in [0.2, 0.25) is 0 Å². The molecule has 0 aliphatic heterocycles. The van der Waals surface area contributed by atoms with Gasteiger partial charge in [-0.05, 0) is 49.6 Å². The Morgan fingerprint density at radius 3 is 2.64 bits per heavy atom. The van der Waals surface area contributed by atoms with Crippen LogP contribution in [0.5, 0.6) is 5.88 Å². The average Bonchev–Trinajstić information content (AvgIpc) is 3.47. The number of hydrogen-bond acceptors (Lipinski definition) is 3. The largest absolute Gasteiger partial charge is 0.468 e. The summed E-state index contributed by atoms with van der Waals surface area (Å²) >= 11 is 6.23. The number of carbonyl (C=O) groups is 1. The number of ether oxygens (including phenoxy) is 1. The van der Waals surface area contributed by atoms with E-state index in [0.717, 1.165) is 38.6 Å². The smallest absolute Gasteiger partial charge is 0.435 e. The monoisotopic (exact) mass is 554 g/mol. The number of amides is 1. The van der Waals surface area contributed by atoms with Crippen molar-refractivity contribution in [3.05, 3.63) is 101 Å². The molecule has 10 heteroatoms. The molecule has 39 heavy (non-hydrogen) atoms. The molecule has 2 heterocycles.